The number of carbonyl (C=O) groups excluding carboxylic acids is 1. The van der Waals surface area contributed by atoms with Crippen LogP contribution < -0.4 is 11.1 Å². The van der Waals surface area contributed by atoms with E-state index in [0.29, 0.717) is 17.3 Å². The summed E-state index contributed by atoms with van der Waals surface area (Å²) in [6.45, 7) is 3.02. The minimum Gasteiger partial charge on any atom is -0.397 e. The number of benzene rings is 1. The lowest BCUT2D eigenvalue weighted by atomic mass is 10.1. The van der Waals surface area contributed by atoms with Crippen LogP contribution in [0.2, 0.25) is 0 Å². The molecule has 3 N–H and O–H groups in total. The number of nitrogen functional groups attached to an aromatic ring is 1. The average molecular weight is 290 g/mol. The molecule has 0 spiro atoms. The van der Waals surface area contributed by atoms with Crippen molar-refractivity contribution in [1.82, 2.24) is 9.80 Å². The van der Waals surface area contributed by atoms with Gasteiger partial charge in [0.2, 0.25) is 0 Å². The fourth-order valence-corrected chi connectivity index (χ4v) is 2.34. The quantitative estimate of drug-likeness (QED) is 0.785. The Bertz CT molecular complexity index is 511. The van der Waals surface area contributed by atoms with Gasteiger partial charge in [-0.1, -0.05) is 0 Å². The Morgan fingerprint density at radius 1 is 1.38 bits per heavy atom. The molecule has 0 aliphatic heterocycles. The monoisotopic (exact) mass is 290 g/mol. The van der Waals surface area contributed by atoms with Crippen LogP contribution in [0.4, 0.5) is 11.4 Å². The molecule has 1 atom stereocenters. The van der Waals surface area contributed by atoms with Crippen LogP contribution >= 0.6 is 0 Å². The third-order valence-corrected chi connectivity index (χ3v) is 4.11. The lowest BCUT2D eigenvalue weighted by Crippen LogP contribution is -2.36. The van der Waals surface area contributed by atoms with Crippen LogP contribution in [0.25, 0.3) is 0 Å². The topological polar surface area (TPSA) is 61.6 Å². The summed E-state index contributed by atoms with van der Waals surface area (Å²) in [7, 11) is 5.66. The first-order valence-corrected chi connectivity index (χ1v) is 7.47. The van der Waals surface area contributed by atoms with Crippen molar-refractivity contribution < 1.29 is 4.79 Å². The van der Waals surface area contributed by atoms with E-state index in [0.717, 1.165) is 18.3 Å². The molecule has 0 bridgehead atoms. The SMILES string of the molecule is CC(CNc1cc(C(=O)N(C)C)ccc1N)N(C)C1CC1. The Balaban J connectivity index is 2.01. The van der Waals surface area contributed by atoms with Crippen LogP contribution in [-0.2, 0) is 0 Å². The van der Waals surface area contributed by atoms with E-state index in [1.807, 2.05) is 6.07 Å². The van der Waals surface area contributed by atoms with E-state index in [9.17, 15) is 4.79 Å². The number of carbonyl (C=O) groups is 1. The first kappa shape index (κ1) is 15.6. The van der Waals surface area contributed by atoms with Gasteiger partial charge in [-0.25, -0.2) is 0 Å². The lowest BCUT2D eigenvalue weighted by molar-refractivity contribution is 0.0827. The fraction of sp³-hybridized carbons (Fsp3) is 0.562. The number of nitrogens with one attached hydrogen (secondary N) is 1. The van der Waals surface area contributed by atoms with Crippen LogP contribution in [0, 0.1) is 0 Å². The molecule has 5 heteroatoms. The van der Waals surface area contributed by atoms with Gasteiger partial charge in [0, 0.05) is 38.3 Å². The second kappa shape index (κ2) is 6.35. The molecule has 116 valence electrons. The van der Waals surface area contributed by atoms with E-state index in [2.05, 4.69) is 24.2 Å². The molecule has 1 aromatic carbocycles. The highest BCUT2D eigenvalue weighted by molar-refractivity contribution is 5.95. The van der Waals surface area contributed by atoms with Gasteiger partial charge in [-0.05, 0) is 45.0 Å². The minimum atomic E-state index is -0.0128. The van der Waals surface area contributed by atoms with Crippen molar-refractivity contribution in [2.24, 2.45) is 0 Å². The molecule has 0 radical (unpaired) electrons. The van der Waals surface area contributed by atoms with Gasteiger partial charge in [0.25, 0.3) is 5.91 Å². The Morgan fingerprint density at radius 2 is 2.05 bits per heavy atom. The van der Waals surface area contributed by atoms with Gasteiger partial charge in [-0.3, -0.25) is 9.69 Å². The maximum Gasteiger partial charge on any atom is 0.253 e. The Labute approximate surface area is 127 Å². The highest BCUT2D eigenvalue weighted by Crippen LogP contribution is 2.27. The van der Waals surface area contributed by atoms with Crippen LogP contribution in [0.5, 0.6) is 0 Å². The third-order valence-electron chi connectivity index (χ3n) is 4.11. The maximum atomic E-state index is 12.0. The van der Waals surface area contributed by atoms with Crippen molar-refractivity contribution in [1.29, 1.82) is 0 Å². The third kappa shape index (κ3) is 3.88. The Hall–Kier alpha value is -1.75. The molecule has 0 saturated heterocycles. The first-order chi connectivity index (χ1) is 9.90. The normalized spacial score (nSPS) is 15.9. The van der Waals surface area contributed by atoms with Gasteiger partial charge < -0.3 is 16.0 Å². The number of hydrogen-bond donors (Lipinski definition) is 2. The van der Waals surface area contributed by atoms with Crippen molar-refractivity contribution in [2.45, 2.75) is 31.8 Å². The van der Waals surface area contributed by atoms with Crippen molar-refractivity contribution in [3.8, 4) is 0 Å². The smallest absolute Gasteiger partial charge is 0.253 e. The molecule has 1 amide bonds. The highest BCUT2D eigenvalue weighted by Gasteiger charge is 2.28. The summed E-state index contributed by atoms with van der Waals surface area (Å²) in [5.41, 5.74) is 8.16. The van der Waals surface area contributed by atoms with Crippen molar-refractivity contribution in [2.75, 3.05) is 38.7 Å². The Morgan fingerprint density at radius 3 is 2.62 bits per heavy atom. The molecular weight excluding hydrogens is 264 g/mol. The fourth-order valence-electron chi connectivity index (χ4n) is 2.34. The largest absolute Gasteiger partial charge is 0.397 e. The standard InChI is InChI=1S/C16H26N4O/c1-11(20(4)13-6-7-13)10-18-15-9-12(5-8-14(15)17)16(21)19(2)3/h5,8-9,11,13,18H,6-7,10,17H2,1-4H3. The molecule has 21 heavy (non-hydrogen) atoms. The molecule has 5 nitrogen and oxygen atoms in total. The molecule has 1 saturated carbocycles. The zero-order chi connectivity index (χ0) is 15.6. The van der Waals surface area contributed by atoms with E-state index in [1.165, 1.54) is 12.8 Å². The summed E-state index contributed by atoms with van der Waals surface area (Å²) in [6, 6.07) is 6.56. The van der Waals surface area contributed by atoms with Gasteiger partial charge in [0.1, 0.15) is 0 Å². The van der Waals surface area contributed by atoms with Crippen LogP contribution in [-0.4, -0.2) is 55.5 Å². The predicted octanol–water partition coefficient (Wildman–Crippen LogP) is 1.87. The van der Waals surface area contributed by atoms with Crippen molar-refractivity contribution >= 4 is 17.3 Å². The van der Waals surface area contributed by atoms with Gasteiger partial charge in [0.05, 0.1) is 11.4 Å². The number of nitrogens with zero attached hydrogens (tertiary/aromatic N) is 2. The van der Waals surface area contributed by atoms with E-state index in [-0.39, 0.29) is 5.91 Å². The number of anilines is 2. The summed E-state index contributed by atoms with van der Waals surface area (Å²) in [4.78, 5) is 16.0. The summed E-state index contributed by atoms with van der Waals surface area (Å²) < 4.78 is 0. The first-order valence-electron chi connectivity index (χ1n) is 7.47. The predicted molar refractivity (Wildman–Crippen MR) is 87.6 cm³/mol. The maximum absolute atomic E-state index is 12.0. The molecule has 1 fully saturated rings. The zero-order valence-electron chi connectivity index (χ0n) is 13.4. The minimum absolute atomic E-state index is 0.0128. The van der Waals surface area contributed by atoms with E-state index >= 15 is 0 Å². The molecule has 1 aliphatic carbocycles. The number of amides is 1. The summed E-state index contributed by atoms with van der Waals surface area (Å²) in [6.07, 6.45) is 2.60. The molecule has 1 aromatic rings. The molecule has 2 rings (SSSR count). The van der Waals surface area contributed by atoms with Gasteiger partial charge in [-0.15, -0.1) is 0 Å². The van der Waals surface area contributed by atoms with Crippen LogP contribution in [0.1, 0.15) is 30.1 Å². The Kier molecular flexibility index (Phi) is 4.73. The molecule has 0 heterocycles. The van der Waals surface area contributed by atoms with E-state index in [1.54, 1.807) is 31.1 Å². The lowest BCUT2D eigenvalue weighted by Gasteiger charge is -2.25. The van der Waals surface area contributed by atoms with Gasteiger partial charge in [-0.2, -0.15) is 0 Å². The number of likely N-dealkylation sites (N-methyl/N-ethyl adjacent to an activating group) is 1. The van der Waals surface area contributed by atoms with Gasteiger partial charge >= 0.3 is 0 Å². The van der Waals surface area contributed by atoms with Crippen LogP contribution in [0.3, 0.4) is 0 Å². The second-order valence-corrected chi connectivity index (χ2v) is 6.13. The van der Waals surface area contributed by atoms with E-state index < -0.39 is 0 Å². The number of hydrogen-bond acceptors (Lipinski definition) is 4. The van der Waals surface area contributed by atoms with Crippen LogP contribution in [0.15, 0.2) is 18.2 Å². The molecular formula is C16H26N4O. The van der Waals surface area contributed by atoms with Crippen molar-refractivity contribution in [3.05, 3.63) is 23.8 Å². The summed E-state index contributed by atoms with van der Waals surface area (Å²) in [5.74, 6) is -0.0128. The second-order valence-electron chi connectivity index (χ2n) is 6.13. The molecule has 1 aliphatic rings. The van der Waals surface area contributed by atoms with Crippen molar-refractivity contribution in [3.63, 3.8) is 0 Å². The summed E-state index contributed by atoms with van der Waals surface area (Å²) >= 11 is 0. The van der Waals surface area contributed by atoms with E-state index in [4.69, 9.17) is 5.73 Å². The molecule has 1 unspecified atom stereocenters. The average Bonchev–Trinajstić information content (AvgIpc) is 3.29. The summed E-state index contributed by atoms with van der Waals surface area (Å²) in [5, 5.41) is 3.37. The van der Waals surface area contributed by atoms with Gasteiger partial charge in [0.15, 0.2) is 0 Å². The number of rotatable bonds is 6. The highest BCUT2D eigenvalue weighted by atomic mass is 16.2. The molecule has 0 aromatic heterocycles. The zero-order valence-corrected chi connectivity index (χ0v) is 13.4. The number of nitrogens with two attached hydrogens (primary N) is 1.